The van der Waals surface area contributed by atoms with Crippen molar-refractivity contribution < 1.29 is 13.7 Å². The fraction of sp³-hybridized carbons (Fsp3) is 0.438. The quantitative estimate of drug-likeness (QED) is 0.307. The number of carbonyl (C=O) groups excluding carboxylic acids is 1. The molecule has 3 unspecified atom stereocenters. The highest BCUT2D eigenvalue weighted by Crippen LogP contribution is 2.35. The number of aromatic nitrogens is 2. The van der Waals surface area contributed by atoms with E-state index in [4.69, 9.17) is 4.74 Å². The summed E-state index contributed by atoms with van der Waals surface area (Å²) in [6.07, 6.45) is -0.245. The Balaban J connectivity index is 1.83. The number of halogens is 2. The molecular formula is C16H18Br2N4O4S2. The first-order valence-electron chi connectivity index (χ1n) is 8.40. The van der Waals surface area contributed by atoms with Crippen molar-refractivity contribution in [3.8, 4) is 0 Å². The lowest BCUT2D eigenvalue weighted by atomic mass is 10.2. The molecule has 1 aromatic heterocycles. The molecule has 1 saturated heterocycles. The van der Waals surface area contributed by atoms with Crippen LogP contribution in [0, 0.1) is 5.21 Å². The summed E-state index contributed by atoms with van der Waals surface area (Å²) in [4.78, 5) is 14.4. The Morgan fingerprint density at radius 1 is 1.43 bits per heavy atom. The predicted octanol–water partition coefficient (Wildman–Crippen LogP) is 3.47. The van der Waals surface area contributed by atoms with E-state index in [-0.39, 0.29) is 18.3 Å². The van der Waals surface area contributed by atoms with Gasteiger partial charge >= 0.3 is 11.1 Å². The third kappa shape index (κ3) is 4.53. The molecule has 0 saturated carbocycles. The normalized spacial score (nSPS) is 23.7. The molecule has 1 fully saturated rings. The molecule has 0 N–H and O–H groups in total. The number of esters is 1. The standard InChI is InChI=1S/C16H18Br2N4O4S2/c1-3-6-28(25)16-20-19-15(27-16)22(24)9-21(2)8-13(22)26-14(23)10-4-5-11(17)12(18)7-10/h4-5,7,13H,3,6,8-9H2,1-2H3. The summed E-state index contributed by atoms with van der Waals surface area (Å²) in [6.45, 7) is 2.25. The summed E-state index contributed by atoms with van der Waals surface area (Å²) in [5, 5.41) is 21.6. The maximum absolute atomic E-state index is 13.5. The first-order valence-corrected chi connectivity index (χ1v) is 12.1. The minimum absolute atomic E-state index is 0.0665. The fourth-order valence-electron chi connectivity index (χ4n) is 2.75. The highest BCUT2D eigenvalue weighted by atomic mass is 79.9. The molecular weight excluding hydrogens is 536 g/mol. The van der Waals surface area contributed by atoms with Gasteiger partial charge in [0.25, 0.3) is 6.23 Å². The molecule has 12 heteroatoms. The van der Waals surface area contributed by atoms with Gasteiger partial charge in [-0.05, 0) is 74.9 Å². The first kappa shape index (κ1) is 21.9. The smallest absolute Gasteiger partial charge is 0.342 e. The van der Waals surface area contributed by atoms with E-state index in [2.05, 4.69) is 42.1 Å². The van der Waals surface area contributed by atoms with E-state index in [0.29, 0.717) is 20.1 Å². The number of quaternary nitrogens is 1. The van der Waals surface area contributed by atoms with Crippen LogP contribution in [0.4, 0.5) is 5.13 Å². The van der Waals surface area contributed by atoms with Gasteiger partial charge in [-0.2, -0.15) is 0 Å². The van der Waals surface area contributed by atoms with Crippen LogP contribution in [0.3, 0.4) is 0 Å². The van der Waals surface area contributed by atoms with Crippen LogP contribution in [0.5, 0.6) is 0 Å². The second kappa shape index (κ2) is 8.94. The van der Waals surface area contributed by atoms with Crippen molar-refractivity contribution in [1.82, 2.24) is 19.7 Å². The lowest BCUT2D eigenvalue weighted by Crippen LogP contribution is -2.50. The predicted molar refractivity (Wildman–Crippen MR) is 115 cm³/mol. The summed E-state index contributed by atoms with van der Waals surface area (Å²) < 4.78 is 18.6. The van der Waals surface area contributed by atoms with Crippen LogP contribution in [-0.4, -0.2) is 57.5 Å². The summed E-state index contributed by atoms with van der Waals surface area (Å²) in [5.41, 5.74) is 0.332. The second-order valence-electron chi connectivity index (χ2n) is 6.36. The SMILES string of the molecule is CCCS(=O)c1nnc([N+]2([O-])CN(C)CC2OC(=O)c2ccc(Br)c(Br)c2)s1. The molecule has 8 nitrogen and oxygen atoms in total. The number of hydroxylamine groups is 2. The lowest BCUT2D eigenvalue weighted by Gasteiger charge is -2.38. The van der Waals surface area contributed by atoms with E-state index >= 15 is 0 Å². The minimum Gasteiger partial charge on any atom is -0.622 e. The summed E-state index contributed by atoms with van der Waals surface area (Å²) in [6, 6.07) is 4.97. The zero-order chi connectivity index (χ0) is 20.5. The molecule has 3 rings (SSSR count). The largest absolute Gasteiger partial charge is 0.622 e. The van der Waals surface area contributed by atoms with Crippen molar-refractivity contribution in [2.45, 2.75) is 23.9 Å². The molecule has 2 heterocycles. The molecule has 1 aliphatic heterocycles. The van der Waals surface area contributed by atoms with Crippen LogP contribution in [0.2, 0.25) is 0 Å². The monoisotopic (exact) mass is 552 g/mol. The van der Waals surface area contributed by atoms with E-state index < -0.39 is 27.6 Å². The number of carbonyl (C=O) groups is 1. The van der Waals surface area contributed by atoms with Crippen LogP contribution in [0.15, 0.2) is 31.5 Å². The molecule has 0 spiro atoms. The molecule has 0 amide bonds. The van der Waals surface area contributed by atoms with Gasteiger partial charge in [0.05, 0.1) is 22.9 Å². The molecule has 1 aliphatic rings. The van der Waals surface area contributed by atoms with Crippen molar-refractivity contribution in [3.05, 3.63) is 37.9 Å². The number of hydrogen-bond acceptors (Lipinski definition) is 8. The average Bonchev–Trinajstić information content (AvgIpc) is 3.24. The maximum Gasteiger partial charge on any atom is 0.342 e. The molecule has 0 bridgehead atoms. The Morgan fingerprint density at radius 2 is 2.18 bits per heavy atom. The fourth-order valence-corrected chi connectivity index (χ4v) is 5.54. The highest BCUT2D eigenvalue weighted by Gasteiger charge is 2.45. The summed E-state index contributed by atoms with van der Waals surface area (Å²) >= 11 is 7.72. The van der Waals surface area contributed by atoms with Crippen molar-refractivity contribution in [3.63, 3.8) is 0 Å². The van der Waals surface area contributed by atoms with Gasteiger partial charge in [-0.3, -0.25) is 8.86 Å². The Hall–Kier alpha value is -0.760. The van der Waals surface area contributed by atoms with Gasteiger partial charge in [-0.25, -0.2) is 9.69 Å². The zero-order valence-electron chi connectivity index (χ0n) is 15.1. The number of nitrogens with zero attached hydrogens (tertiary/aromatic N) is 4. The maximum atomic E-state index is 13.5. The van der Waals surface area contributed by atoms with Crippen LogP contribution >= 0.6 is 43.2 Å². The van der Waals surface area contributed by atoms with Crippen molar-refractivity contribution in [1.29, 1.82) is 0 Å². The summed E-state index contributed by atoms with van der Waals surface area (Å²) in [5.74, 6) is -0.129. The highest BCUT2D eigenvalue weighted by molar-refractivity contribution is 9.13. The molecule has 0 radical (unpaired) electrons. The number of likely N-dealkylation sites (N-methyl/N-ethyl adjacent to an activating group) is 1. The van der Waals surface area contributed by atoms with Crippen molar-refractivity contribution >= 4 is 65.1 Å². The first-order chi connectivity index (χ1) is 13.2. The molecule has 28 heavy (non-hydrogen) atoms. The van der Waals surface area contributed by atoms with E-state index in [1.165, 1.54) is 0 Å². The van der Waals surface area contributed by atoms with Crippen molar-refractivity contribution in [2.24, 2.45) is 0 Å². The molecule has 0 aliphatic carbocycles. The van der Waals surface area contributed by atoms with Gasteiger partial charge < -0.3 is 9.94 Å². The number of rotatable bonds is 6. The third-order valence-electron chi connectivity index (χ3n) is 4.09. The molecule has 3 atom stereocenters. The van der Waals surface area contributed by atoms with E-state index in [9.17, 15) is 14.2 Å². The van der Waals surface area contributed by atoms with Crippen molar-refractivity contribution in [2.75, 3.05) is 26.0 Å². The van der Waals surface area contributed by atoms with E-state index in [0.717, 1.165) is 22.2 Å². The van der Waals surface area contributed by atoms with Crippen LogP contribution in [0.1, 0.15) is 23.7 Å². The summed E-state index contributed by atoms with van der Waals surface area (Å²) in [7, 11) is 0.489. The second-order valence-corrected chi connectivity index (χ2v) is 10.8. The van der Waals surface area contributed by atoms with Gasteiger partial charge in [-0.1, -0.05) is 12.0 Å². The van der Waals surface area contributed by atoms with Crippen LogP contribution in [-0.2, 0) is 15.5 Å². The van der Waals surface area contributed by atoms with E-state index in [1.807, 2.05) is 6.92 Å². The van der Waals surface area contributed by atoms with Gasteiger partial charge in [0.1, 0.15) is 6.67 Å². The molecule has 152 valence electrons. The average molecular weight is 554 g/mol. The zero-order valence-corrected chi connectivity index (χ0v) is 19.9. The Labute approximate surface area is 185 Å². The topological polar surface area (TPSA) is 95.4 Å². The minimum atomic E-state index is -1.28. The third-order valence-corrected chi connectivity index (χ3v) is 8.85. The van der Waals surface area contributed by atoms with Gasteiger partial charge in [0, 0.05) is 14.7 Å². The molecule has 2 aromatic rings. The number of benzene rings is 1. The number of hydrogen-bond donors (Lipinski definition) is 0. The van der Waals surface area contributed by atoms with Gasteiger partial charge in [0.2, 0.25) is 4.34 Å². The lowest BCUT2D eigenvalue weighted by molar-refractivity contribution is 0.00558. The van der Waals surface area contributed by atoms with Crippen LogP contribution in [0.25, 0.3) is 0 Å². The Kier molecular flexibility index (Phi) is 7.00. The van der Waals surface area contributed by atoms with Gasteiger partial charge in [-0.15, -0.1) is 5.10 Å². The Morgan fingerprint density at radius 3 is 2.86 bits per heavy atom. The number of ether oxygens (including phenoxy) is 1. The van der Waals surface area contributed by atoms with E-state index in [1.54, 1.807) is 30.1 Å². The Bertz CT molecular complexity index is 913. The molecule has 1 aromatic carbocycles. The van der Waals surface area contributed by atoms with Gasteiger partial charge in [0.15, 0.2) is 0 Å². The van der Waals surface area contributed by atoms with Crippen LogP contribution < -0.4 is 4.65 Å².